The van der Waals surface area contributed by atoms with E-state index in [2.05, 4.69) is 0 Å². The van der Waals surface area contributed by atoms with Crippen molar-refractivity contribution in [1.29, 1.82) is 0 Å². The Morgan fingerprint density at radius 2 is 1.00 bits per heavy atom. The predicted molar refractivity (Wildman–Crippen MR) is 130 cm³/mol. The van der Waals surface area contributed by atoms with Crippen molar-refractivity contribution in [3.8, 4) is 0 Å². The van der Waals surface area contributed by atoms with Gasteiger partial charge in [-0.2, -0.15) is 0 Å². The van der Waals surface area contributed by atoms with Crippen LogP contribution in [0.4, 0.5) is 55.3 Å². The van der Waals surface area contributed by atoms with Gasteiger partial charge in [0, 0.05) is 0 Å². The summed E-state index contributed by atoms with van der Waals surface area (Å²) in [6.45, 7) is 0. The molecule has 0 spiro atoms. The maximum atomic E-state index is 16.1. The maximum absolute atomic E-state index is 16.1. The Hall–Kier alpha value is -2.29. The van der Waals surface area contributed by atoms with Crippen LogP contribution in [0.1, 0.15) is 12.8 Å². The van der Waals surface area contributed by atoms with E-state index >= 15 is 17.6 Å². The van der Waals surface area contributed by atoms with E-state index < -0.39 is 93.9 Å². The summed E-state index contributed by atoms with van der Waals surface area (Å²) in [4.78, 5) is 0. The third-order valence-corrected chi connectivity index (χ3v) is 15.0. The second-order valence-electron chi connectivity index (χ2n) is 8.27. The molecule has 2 N–H and O–H groups in total. The number of hydrogen-bond acceptors (Lipinski definition) is 4. The summed E-state index contributed by atoms with van der Waals surface area (Å²) in [6.07, 6.45) is 9.07. The normalized spacial score (nSPS) is 15.5. The molecule has 2 aliphatic rings. The molecule has 0 radical (unpaired) electrons. The van der Waals surface area contributed by atoms with Gasteiger partial charge in [0.05, 0.1) is 0 Å². The second kappa shape index (κ2) is 11.3. The quantitative estimate of drug-likeness (QED) is 0.174. The van der Waals surface area contributed by atoms with Gasteiger partial charge in [-0.3, -0.25) is 0 Å². The molecule has 0 bridgehead atoms. The van der Waals surface area contributed by atoms with Gasteiger partial charge in [0.25, 0.3) is 0 Å². The number of allylic oxidation sites excluding steroid dienone is 8. The van der Waals surface area contributed by atoms with Gasteiger partial charge in [-0.1, -0.05) is 0 Å². The molecule has 0 unspecified atom stereocenters. The molecule has 0 atom stereocenters. The van der Waals surface area contributed by atoms with E-state index in [-0.39, 0.29) is 20.6 Å². The average molecular weight is 634 g/mol. The Balaban J connectivity index is 2.05. The van der Waals surface area contributed by atoms with Gasteiger partial charge in [0.1, 0.15) is 0 Å². The summed E-state index contributed by atoms with van der Waals surface area (Å²) in [7, 11) is 0. The van der Waals surface area contributed by atoms with E-state index in [4.69, 9.17) is 0 Å². The molecule has 0 saturated heterocycles. The summed E-state index contributed by atoms with van der Waals surface area (Å²) in [6, 6.07) is 2.85. The van der Waals surface area contributed by atoms with Crippen LogP contribution < -0.4 is 17.2 Å². The third-order valence-electron chi connectivity index (χ3n) is 5.99. The summed E-state index contributed by atoms with van der Waals surface area (Å²) >= 11 is -7.03. The number of hydrogen-bond donors (Lipinski definition) is 2. The SMILES string of the molecule is Fc1ccc(NSC(F)(F)F)c(F)[c]1[Ti]([C]1=CC=CC1)([C]1=CC=CC1)[c]1c(F)ccc(NSC(F)(F)F)c1F. The third kappa shape index (κ3) is 6.08. The molecular formula is C24H16F10N2S2Ti. The van der Waals surface area contributed by atoms with E-state index in [1.165, 1.54) is 24.3 Å². The van der Waals surface area contributed by atoms with Crippen molar-refractivity contribution in [2.45, 2.75) is 23.9 Å². The van der Waals surface area contributed by atoms with E-state index in [0.29, 0.717) is 12.1 Å². The Morgan fingerprint density at radius 3 is 1.31 bits per heavy atom. The zero-order valence-corrected chi connectivity index (χ0v) is 22.5. The van der Waals surface area contributed by atoms with E-state index in [1.807, 2.05) is 0 Å². The Morgan fingerprint density at radius 1 is 0.615 bits per heavy atom. The molecule has 4 rings (SSSR count). The first kappa shape index (κ1) is 29.7. The molecule has 0 fully saturated rings. The fourth-order valence-corrected chi connectivity index (χ4v) is 13.6. The van der Waals surface area contributed by atoms with Crippen molar-refractivity contribution >= 4 is 43.0 Å². The van der Waals surface area contributed by atoms with Crippen molar-refractivity contribution in [3.05, 3.63) is 91.7 Å². The molecule has 39 heavy (non-hydrogen) atoms. The van der Waals surface area contributed by atoms with Gasteiger partial charge in [0.15, 0.2) is 0 Å². The monoisotopic (exact) mass is 634 g/mol. The number of rotatable bonds is 8. The summed E-state index contributed by atoms with van der Waals surface area (Å²) in [5.41, 5.74) is -11.2. The van der Waals surface area contributed by atoms with Crippen molar-refractivity contribution in [3.63, 3.8) is 0 Å². The van der Waals surface area contributed by atoms with Crippen LogP contribution in [0.2, 0.25) is 0 Å². The van der Waals surface area contributed by atoms with Crippen LogP contribution in [0.15, 0.2) is 68.5 Å². The molecule has 0 amide bonds. The molecule has 0 saturated carbocycles. The first-order valence-electron chi connectivity index (χ1n) is 11.0. The molecule has 2 aromatic rings. The van der Waals surface area contributed by atoms with Gasteiger partial charge in [-0.25, -0.2) is 0 Å². The average Bonchev–Trinajstić information content (AvgIpc) is 3.56. The summed E-state index contributed by atoms with van der Waals surface area (Å²) in [5, 5.41) is 0. The summed E-state index contributed by atoms with van der Waals surface area (Å²) in [5.74, 6) is -5.46. The van der Waals surface area contributed by atoms with Crippen LogP contribution >= 0.6 is 23.9 Å². The Bertz CT molecular complexity index is 1290. The minimum atomic E-state index is -5.41. The van der Waals surface area contributed by atoms with Gasteiger partial charge >= 0.3 is 229 Å². The molecule has 2 aliphatic carbocycles. The Labute approximate surface area is 227 Å². The fraction of sp³-hybridized carbons (Fsp3) is 0.167. The number of halogens is 10. The van der Waals surface area contributed by atoms with E-state index in [1.54, 1.807) is 21.6 Å². The topological polar surface area (TPSA) is 24.1 Å². The van der Waals surface area contributed by atoms with Crippen molar-refractivity contribution in [1.82, 2.24) is 0 Å². The zero-order chi connectivity index (χ0) is 28.6. The predicted octanol–water partition coefficient (Wildman–Crippen LogP) is 8.20. The van der Waals surface area contributed by atoms with Crippen molar-refractivity contribution in [2.24, 2.45) is 0 Å². The van der Waals surface area contributed by atoms with Crippen LogP contribution in [0.3, 0.4) is 0 Å². The number of anilines is 2. The fourth-order valence-electron chi connectivity index (χ4n) is 4.60. The molecule has 2 nitrogen and oxygen atoms in total. The number of nitrogens with one attached hydrogen (secondary N) is 2. The van der Waals surface area contributed by atoms with Crippen LogP contribution in [0.5, 0.6) is 0 Å². The van der Waals surface area contributed by atoms with Gasteiger partial charge in [-0.05, 0) is 0 Å². The van der Waals surface area contributed by atoms with Crippen LogP contribution in [0, 0.1) is 23.3 Å². The molecule has 0 heterocycles. The van der Waals surface area contributed by atoms with Gasteiger partial charge < -0.3 is 0 Å². The van der Waals surface area contributed by atoms with E-state index in [9.17, 15) is 26.3 Å². The van der Waals surface area contributed by atoms with E-state index in [0.717, 1.165) is 12.1 Å². The number of benzene rings is 2. The number of alkyl halides is 6. The minimum absolute atomic E-state index is 0.0129. The zero-order valence-electron chi connectivity index (χ0n) is 19.3. The van der Waals surface area contributed by atoms with Crippen molar-refractivity contribution in [2.75, 3.05) is 9.44 Å². The molecule has 0 aromatic heterocycles. The molecule has 2 aromatic carbocycles. The Kier molecular flexibility index (Phi) is 8.60. The first-order valence-corrected chi connectivity index (χ1v) is 15.7. The van der Waals surface area contributed by atoms with Crippen LogP contribution in [-0.4, -0.2) is 11.0 Å². The van der Waals surface area contributed by atoms with Gasteiger partial charge in [-0.15, -0.1) is 0 Å². The second-order valence-corrected chi connectivity index (χ2v) is 15.9. The summed E-state index contributed by atoms with van der Waals surface area (Å²) < 4.78 is 143. The van der Waals surface area contributed by atoms with Crippen LogP contribution in [-0.2, 0) is 16.6 Å². The molecule has 0 aliphatic heterocycles. The standard InChI is InChI=1S/2C7H3F5NS.2C5H5.Ti/c2*8-4-1-2-6(5(9)3-4)13-14-7(10,11)12;2*1-2-4-5-3-1;/h2*1-2,13H;2*1-3H,4H2;. The van der Waals surface area contributed by atoms with Gasteiger partial charge in [0.2, 0.25) is 0 Å². The van der Waals surface area contributed by atoms with Crippen LogP contribution in [0.25, 0.3) is 0 Å². The van der Waals surface area contributed by atoms with Crippen molar-refractivity contribution < 1.29 is 60.5 Å². The molecule has 15 heteroatoms. The molecule has 208 valence electrons. The first-order chi connectivity index (χ1) is 18.3. The molecular weight excluding hydrogens is 618 g/mol.